The summed E-state index contributed by atoms with van der Waals surface area (Å²) in [4.78, 5) is 4.23. The Morgan fingerprint density at radius 3 is 2.22 bits per heavy atom. The van der Waals surface area contributed by atoms with Gasteiger partial charge in [-0.15, -0.1) is 0 Å². The van der Waals surface area contributed by atoms with Crippen molar-refractivity contribution >= 4 is 23.4 Å². The number of fused-ring (bicyclic) bond motifs is 1. The molecule has 5 heteroatoms. The summed E-state index contributed by atoms with van der Waals surface area (Å²) in [6, 6.07) is 6.03. The van der Waals surface area contributed by atoms with E-state index in [1.807, 2.05) is 45.9 Å². The number of nitrogens with zero attached hydrogens (tertiary/aromatic N) is 1. The molecule has 1 aromatic carbocycles. The van der Waals surface area contributed by atoms with Crippen LogP contribution in [0.5, 0.6) is 0 Å². The van der Waals surface area contributed by atoms with Crippen molar-refractivity contribution < 1.29 is 14.4 Å². The lowest BCUT2D eigenvalue weighted by Gasteiger charge is -2.32. The monoisotopic (exact) mass is 313 g/mol. The lowest BCUT2D eigenvalue weighted by molar-refractivity contribution is 0.00578. The van der Waals surface area contributed by atoms with Gasteiger partial charge >= 0.3 is 7.12 Å². The van der Waals surface area contributed by atoms with E-state index in [-0.39, 0.29) is 11.2 Å². The Morgan fingerprint density at radius 2 is 1.65 bits per heavy atom. The molecule has 23 heavy (non-hydrogen) atoms. The van der Waals surface area contributed by atoms with Crippen LogP contribution in [0.4, 0.5) is 0 Å². The fourth-order valence-electron chi connectivity index (χ4n) is 2.79. The fraction of sp³-hybridized carbons (Fsp3) is 0.500. The molecule has 0 saturated carbocycles. The zero-order chi connectivity index (χ0) is 17.0. The topological polar surface area (TPSA) is 51.6 Å². The van der Waals surface area contributed by atoms with Crippen LogP contribution in [0.1, 0.15) is 47.1 Å². The molecule has 2 heterocycles. The summed E-state index contributed by atoms with van der Waals surface area (Å²) < 4.78 is 12.2. The third-order valence-corrected chi connectivity index (χ3v) is 4.97. The maximum Gasteiger partial charge on any atom is 0.494 e. The normalized spacial score (nSPS) is 20.2. The minimum absolute atomic E-state index is 0.371. The number of aliphatic hydroxyl groups is 1. The fourth-order valence-corrected chi connectivity index (χ4v) is 2.79. The highest BCUT2D eigenvalue weighted by Crippen LogP contribution is 2.37. The van der Waals surface area contributed by atoms with Crippen LogP contribution in [0, 0.1) is 0 Å². The van der Waals surface area contributed by atoms with E-state index < -0.39 is 12.7 Å². The van der Waals surface area contributed by atoms with Crippen molar-refractivity contribution in [2.24, 2.45) is 0 Å². The molecule has 0 spiro atoms. The summed E-state index contributed by atoms with van der Waals surface area (Å²) in [6.07, 6.45) is 3.52. The molecule has 1 N–H and O–H groups in total. The predicted octanol–water partition coefficient (Wildman–Crippen LogP) is 2.76. The maximum absolute atomic E-state index is 10.4. The smallest absolute Gasteiger partial charge is 0.399 e. The van der Waals surface area contributed by atoms with Crippen LogP contribution in [-0.4, -0.2) is 28.4 Å². The molecule has 1 aliphatic heterocycles. The second-order valence-electron chi connectivity index (χ2n) is 7.81. The lowest BCUT2D eigenvalue weighted by Crippen LogP contribution is -2.41. The van der Waals surface area contributed by atoms with Gasteiger partial charge in [0.2, 0.25) is 0 Å². The highest BCUT2D eigenvalue weighted by atomic mass is 16.7. The molecule has 3 rings (SSSR count). The lowest BCUT2D eigenvalue weighted by atomic mass is 9.77. The molecule has 1 aromatic heterocycles. The molecular formula is C18H24BNO3. The van der Waals surface area contributed by atoms with Crippen molar-refractivity contribution in [1.82, 2.24) is 4.98 Å². The second-order valence-corrected chi connectivity index (χ2v) is 7.81. The number of benzene rings is 1. The van der Waals surface area contributed by atoms with Gasteiger partial charge in [0.05, 0.1) is 16.8 Å². The first-order valence-electron chi connectivity index (χ1n) is 7.97. The maximum atomic E-state index is 10.4. The third kappa shape index (κ3) is 2.78. The Bertz CT molecular complexity index is 734. The zero-order valence-electron chi connectivity index (χ0n) is 14.7. The third-order valence-electron chi connectivity index (χ3n) is 4.97. The Hall–Kier alpha value is -1.43. The van der Waals surface area contributed by atoms with E-state index in [4.69, 9.17) is 9.31 Å². The van der Waals surface area contributed by atoms with Gasteiger partial charge in [-0.3, -0.25) is 4.98 Å². The first-order chi connectivity index (χ1) is 10.5. The summed E-state index contributed by atoms with van der Waals surface area (Å²) >= 11 is 0. The number of hydrogen-bond donors (Lipinski definition) is 1. The molecule has 0 radical (unpaired) electrons. The van der Waals surface area contributed by atoms with Crippen molar-refractivity contribution in [1.29, 1.82) is 0 Å². The minimum Gasteiger partial charge on any atom is -0.399 e. The highest BCUT2D eigenvalue weighted by Gasteiger charge is 2.51. The van der Waals surface area contributed by atoms with E-state index in [1.165, 1.54) is 0 Å². The molecule has 4 nitrogen and oxygen atoms in total. The number of aromatic nitrogens is 1. The molecule has 1 saturated heterocycles. The van der Waals surface area contributed by atoms with Gasteiger partial charge in [0, 0.05) is 23.3 Å². The van der Waals surface area contributed by atoms with Crippen LogP contribution < -0.4 is 5.46 Å². The summed E-state index contributed by atoms with van der Waals surface area (Å²) in [5, 5.41) is 12.4. The Morgan fingerprint density at radius 1 is 1.04 bits per heavy atom. The predicted molar refractivity (Wildman–Crippen MR) is 92.7 cm³/mol. The summed E-state index contributed by atoms with van der Waals surface area (Å²) in [7, 11) is -0.410. The van der Waals surface area contributed by atoms with Crippen LogP contribution >= 0.6 is 0 Å². The van der Waals surface area contributed by atoms with E-state index >= 15 is 0 Å². The van der Waals surface area contributed by atoms with Crippen molar-refractivity contribution in [2.75, 3.05) is 0 Å². The largest absolute Gasteiger partial charge is 0.494 e. The SMILES string of the molecule is CC(C)(O)c1cncc2ccc(B3OC(C)(C)C(C)(C)O3)cc12. The summed E-state index contributed by atoms with van der Waals surface area (Å²) in [6.45, 7) is 11.7. The summed E-state index contributed by atoms with van der Waals surface area (Å²) in [5.74, 6) is 0. The van der Waals surface area contributed by atoms with Gasteiger partial charge < -0.3 is 14.4 Å². The molecule has 1 fully saturated rings. The Labute approximate surface area is 138 Å². The molecule has 0 unspecified atom stereocenters. The first-order valence-corrected chi connectivity index (χ1v) is 7.97. The van der Waals surface area contributed by atoms with E-state index in [0.29, 0.717) is 0 Å². The molecule has 122 valence electrons. The number of rotatable bonds is 2. The van der Waals surface area contributed by atoms with Crippen LogP contribution in [0.15, 0.2) is 30.6 Å². The van der Waals surface area contributed by atoms with Crippen molar-refractivity contribution in [3.05, 3.63) is 36.2 Å². The van der Waals surface area contributed by atoms with Gasteiger partial charge in [-0.05, 0) is 52.4 Å². The van der Waals surface area contributed by atoms with Crippen molar-refractivity contribution in [3.63, 3.8) is 0 Å². The van der Waals surface area contributed by atoms with Gasteiger partial charge in [0.25, 0.3) is 0 Å². The zero-order valence-corrected chi connectivity index (χ0v) is 14.7. The minimum atomic E-state index is -0.957. The van der Waals surface area contributed by atoms with Crippen LogP contribution in [0.25, 0.3) is 10.8 Å². The van der Waals surface area contributed by atoms with Crippen LogP contribution in [0.2, 0.25) is 0 Å². The Balaban J connectivity index is 2.08. The second kappa shape index (κ2) is 5.03. The van der Waals surface area contributed by atoms with E-state index in [1.54, 1.807) is 26.2 Å². The number of pyridine rings is 1. The van der Waals surface area contributed by atoms with E-state index in [2.05, 4.69) is 4.98 Å². The van der Waals surface area contributed by atoms with Crippen molar-refractivity contribution in [3.8, 4) is 0 Å². The average molecular weight is 313 g/mol. The van der Waals surface area contributed by atoms with Crippen LogP contribution in [0.3, 0.4) is 0 Å². The molecule has 1 aliphatic rings. The Kier molecular flexibility index (Phi) is 3.60. The van der Waals surface area contributed by atoms with E-state index in [0.717, 1.165) is 21.8 Å². The van der Waals surface area contributed by atoms with E-state index in [9.17, 15) is 5.11 Å². The quantitative estimate of drug-likeness (QED) is 0.866. The molecule has 0 aliphatic carbocycles. The molecule has 0 bridgehead atoms. The van der Waals surface area contributed by atoms with Crippen LogP contribution in [-0.2, 0) is 14.9 Å². The molecule has 0 amide bonds. The van der Waals surface area contributed by atoms with Crippen molar-refractivity contribution in [2.45, 2.75) is 58.3 Å². The van der Waals surface area contributed by atoms with Gasteiger partial charge in [0.15, 0.2) is 0 Å². The van der Waals surface area contributed by atoms with Gasteiger partial charge in [-0.2, -0.15) is 0 Å². The molecule has 2 aromatic rings. The first kappa shape index (κ1) is 16.4. The van der Waals surface area contributed by atoms with Gasteiger partial charge in [0.1, 0.15) is 0 Å². The van der Waals surface area contributed by atoms with Gasteiger partial charge in [-0.1, -0.05) is 18.2 Å². The van der Waals surface area contributed by atoms with Gasteiger partial charge in [-0.25, -0.2) is 0 Å². The summed E-state index contributed by atoms with van der Waals surface area (Å²) in [5.41, 5.74) is 0.0517. The molecule has 0 atom stereocenters. The highest BCUT2D eigenvalue weighted by molar-refractivity contribution is 6.62. The number of hydrogen-bond acceptors (Lipinski definition) is 4. The average Bonchev–Trinajstić information content (AvgIpc) is 2.65. The molecular weight excluding hydrogens is 289 g/mol. The standard InChI is InChI=1S/C18H24BNO3/c1-16(2,21)15-11-20-10-12-7-8-13(9-14(12)15)19-22-17(3,4)18(5,6)23-19/h7-11,21H,1-6H3.